The van der Waals surface area contributed by atoms with Gasteiger partial charge in [-0.05, 0) is 105 Å². The SMILES string of the molecule is CC(C)(C)Oc1ccc(-c2cc3c(cc2F)[C@H](NC(=O)O[C@@H]2CN4CCC2CC4)C(C)(C)C3)cc1. The highest BCUT2D eigenvalue weighted by atomic mass is 19.1. The molecule has 1 N–H and O–H groups in total. The average molecular weight is 481 g/mol. The lowest BCUT2D eigenvalue weighted by Gasteiger charge is -2.44. The van der Waals surface area contributed by atoms with Crippen LogP contribution in [0.2, 0.25) is 0 Å². The number of hydrogen-bond donors (Lipinski definition) is 1. The van der Waals surface area contributed by atoms with Crippen molar-refractivity contribution in [1.82, 2.24) is 10.2 Å². The predicted molar refractivity (Wildman–Crippen MR) is 135 cm³/mol. The maximum atomic E-state index is 15.4. The molecule has 5 nitrogen and oxygen atoms in total. The van der Waals surface area contributed by atoms with Gasteiger partial charge in [0.1, 0.15) is 23.3 Å². The normalized spacial score (nSPS) is 26.8. The highest BCUT2D eigenvalue weighted by Crippen LogP contribution is 2.47. The minimum Gasteiger partial charge on any atom is -0.488 e. The number of hydrogen-bond acceptors (Lipinski definition) is 4. The van der Waals surface area contributed by atoms with Gasteiger partial charge in [0.25, 0.3) is 0 Å². The Morgan fingerprint density at radius 1 is 1.11 bits per heavy atom. The molecule has 2 aromatic rings. The van der Waals surface area contributed by atoms with E-state index >= 15 is 4.39 Å². The number of alkyl carbamates (subject to hydrolysis) is 1. The van der Waals surface area contributed by atoms with Gasteiger partial charge in [-0.3, -0.25) is 4.90 Å². The first-order valence-electron chi connectivity index (χ1n) is 12.8. The lowest BCUT2D eigenvalue weighted by Crippen LogP contribution is -2.53. The zero-order chi connectivity index (χ0) is 25.0. The average Bonchev–Trinajstić information content (AvgIpc) is 3.02. The summed E-state index contributed by atoms with van der Waals surface area (Å²) in [7, 11) is 0. The molecule has 3 aliphatic heterocycles. The van der Waals surface area contributed by atoms with Gasteiger partial charge in [-0.1, -0.05) is 26.0 Å². The van der Waals surface area contributed by atoms with Gasteiger partial charge in [0.2, 0.25) is 0 Å². The largest absolute Gasteiger partial charge is 0.488 e. The van der Waals surface area contributed by atoms with Crippen LogP contribution < -0.4 is 10.1 Å². The molecule has 0 aromatic heterocycles. The molecule has 6 rings (SSSR count). The van der Waals surface area contributed by atoms with Crippen LogP contribution in [0.15, 0.2) is 36.4 Å². The Morgan fingerprint density at radius 2 is 1.80 bits per heavy atom. The molecule has 2 atom stereocenters. The van der Waals surface area contributed by atoms with Crippen molar-refractivity contribution in [3.63, 3.8) is 0 Å². The van der Waals surface area contributed by atoms with Gasteiger partial charge in [0.05, 0.1) is 6.04 Å². The molecular formula is C29H37FN2O3. The fourth-order valence-electron chi connectivity index (χ4n) is 5.95. The molecule has 1 amide bonds. The van der Waals surface area contributed by atoms with E-state index in [0.717, 1.165) is 61.3 Å². The van der Waals surface area contributed by atoms with Crippen LogP contribution in [0.1, 0.15) is 64.6 Å². The third-order valence-corrected chi connectivity index (χ3v) is 7.67. The number of ether oxygens (including phenoxy) is 2. The number of carbonyl (C=O) groups is 1. The fraction of sp³-hybridized carbons (Fsp3) is 0.552. The van der Waals surface area contributed by atoms with Crippen molar-refractivity contribution in [2.45, 2.75) is 71.6 Å². The Labute approximate surface area is 208 Å². The van der Waals surface area contributed by atoms with E-state index in [0.29, 0.717) is 11.5 Å². The number of carbonyl (C=O) groups excluding carboxylic acids is 1. The van der Waals surface area contributed by atoms with Gasteiger partial charge in [-0.2, -0.15) is 0 Å². The van der Waals surface area contributed by atoms with E-state index in [4.69, 9.17) is 9.47 Å². The molecule has 0 spiro atoms. The first-order valence-corrected chi connectivity index (χ1v) is 12.8. The van der Waals surface area contributed by atoms with Crippen LogP contribution in [0.25, 0.3) is 11.1 Å². The second-order valence-corrected chi connectivity index (χ2v) is 12.1. The lowest BCUT2D eigenvalue weighted by molar-refractivity contribution is -0.0349. The second-order valence-electron chi connectivity index (χ2n) is 12.1. The van der Waals surface area contributed by atoms with Crippen LogP contribution in [0.5, 0.6) is 5.75 Å². The van der Waals surface area contributed by atoms with E-state index in [1.165, 1.54) is 0 Å². The molecule has 0 unspecified atom stereocenters. The van der Waals surface area contributed by atoms with Crippen LogP contribution in [0, 0.1) is 17.2 Å². The van der Waals surface area contributed by atoms with E-state index < -0.39 is 6.09 Å². The summed E-state index contributed by atoms with van der Waals surface area (Å²) in [5.74, 6) is 0.924. The second kappa shape index (κ2) is 8.81. The maximum Gasteiger partial charge on any atom is 0.407 e. The number of nitrogens with one attached hydrogen (secondary N) is 1. The van der Waals surface area contributed by atoms with Gasteiger partial charge in [-0.15, -0.1) is 0 Å². The van der Waals surface area contributed by atoms with E-state index in [2.05, 4.69) is 24.1 Å². The molecule has 1 aliphatic carbocycles. The quantitative estimate of drug-likeness (QED) is 0.573. The van der Waals surface area contributed by atoms with Crippen molar-refractivity contribution in [3.05, 3.63) is 53.3 Å². The van der Waals surface area contributed by atoms with E-state index in [-0.39, 0.29) is 29.0 Å². The highest BCUT2D eigenvalue weighted by Gasteiger charge is 2.42. The van der Waals surface area contributed by atoms with Gasteiger partial charge < -0.3 is 14.8 Å². The summed E-state index contributed by atoms with van der Waals surface area (Å²) in [5, 5.41) is 3.08. The van der Waals surface area contributed by atoms with Crippen molar-refractivity contribution in [2.24, 2.45) is 11.3 Å². The Bertz CT molecular complexity index is 1100. The summed E-state index contributed by atoms with van der Waals surface area (Å²) in [6.07, 6.45) is 2.49. The Kier molecular flexibility index (Phi) is 6.07. The van der Waals surface area contributed by atoms with E-state index in [9.17, 15) is 4.79 Å². The van der Waals surface area contributed by atoms with E-state index in [1.54, 1.807) is 6.07 Å². The third-order valence-electron chi connectivity index (χ3n) is 7.67. The summed E-state index contributed by atoms with van der Waals surface area (Å²) >= 11 is 0. The van der Waals surface area contributed by atoms with Gasteiger partial charge in [0, 0.05) is 12.1 Å². The van der Waals surface area contributed by atoms with Crippen molar-refractivity contribution >= 4 is 6.09 Å². The molecular weight excluding hydrogens is 443 g/mol. The number of amides is 1. The van der Waals surface area contributed by atoms with Crippen molar-refractivity contribution in [3.8, 4) is 16.9 Å². The van der Waals surface area contributed by atoms with Crippen molar-refractivity contribution in [1.29, 1.82) is 0 Å². The smallest absolute Gasteiger partial charge is 0.407 e. The minimum absolute atomic E-state index is 0.0502. The number of fused-ring (bicyclic) bond motifs is 4. The minimum atomic E-state index is -0.395. The summed E-state index contributed by atoms with van der Waals surface area (Å²) in [6, 6.07) is 10.8. The molecule has 3 saturated heterocycles. The molecule has 188 valence electrons. The molecule has 2 aromatic carbocycles. The Hall–Kier alpha value is -2.60. The number of rotatable bonds is 4. The zero-order valence-corrected chi connectivity index (χ0v) is 21.5. The lowest BCUT2D eigenvalue weighted by atomic mass is 9.85. The van der Waals surface area contributed by atoms with Gasteiger partial charge in [0.15, 0.2) is 0 Å². The molecule has 6 heteroatoms. The first-order chi connectivity index (χ1) is 16.5. The van der Waals surface area contributed by atoms with Crippen LogP contribution in [0.4, 0.5) is 9.18 Å². The summed E-state index contributed by atoms with van der Waals surface area (Å²) in [6.45, 7) is 13.2. The standard InChI is InChI=1S/C29H37FN2O3/c1-28(2,3)35-21-8-6-18(7-9-21)22-14-20-16-29(4,5)26(23(20)15-24(22)30)31-27(33)34-25-17-32-12-10-19(25)11-13-32/h6-9,14-15,19,25-26H,10-13,16-17H2,1-5H3,(H,31,33)/t25-,26+/m1/s1. The number of halogens is 1. The molecule has 3 heterocycles. The van der Waals surface area contributed by atoms with Crippen LogP contribution in [-0.4, -0.2) is 42.3 Å². The van der Waals surface area contributed by atoms with E-state index in [1.807, 2.05) is 51.1 Å². The van der Waals surface area contributed by atoms with Crippen LogP contribution in [0.3, 0.4) is 0 Å². The van der Waals surface area contributed by atoms with Crippen molar-refractivity contribution in [2.75, 3.05) is 19.6 Å². The summed E-state index contributed by atoms with van der Waals surface area (Å²) < 4.78 is 27.1. The zero-order valence-electron chi connectivity index (χ0n) is 21.5. The Balaban J connectivity index is 1.33. The molecule has 3 fully saturated rings. The molecule has 0 saturated carbocycles. The third kappa shape index (κ3) is 5.04. The topological polar surface area (TPSA) is 50.8 Å². The van der Waals surface area contributed by atoms with Crippen LogP contribution in [-0.2, 0) is 11.2 Å². The first kappa shape index (κ1) is 24.1. The maximum absolute atomic E-state index is 15.4. The Morgan fingerprint density at radius 3 is 2.40 bits per heavy atom. The van der Waals surface area contributed by atoms with Gasteiger partial charge in [-0.25, -0.2) is 9.18 Å². The monoisotopic (exact) mass is 480 g/mol. The molecule has 2 bridgehead atoms. The highest BCUT2D eigenvalue weighted by molar-refractivity contribution is 5.70. The fourth-order valence-corrected chi connectivity index (χ4v) is 5.95. The van der Waals surface area contributed by atoms with Crippen molar-refractivity contribution < 1.29 is 18.7 Å². The number of benzene rings is 2. The number of piperidine rings is 3. The molecule has 0 radical (unpaired) electrons. The summed E-state index contributed by atoms with van der Waals surface area (Å²) in [4.78, 5) is 15.3. The number of nitrogens with zero attached hydrogens (tertiary/aromatic N) is 1. The predicted octanol–water partition coefficient (Wildman–Crippen LogP) is 6.11. The molecule has 35 heavy (non-hydrogen) atoms. The molecule has 4 aliphatic rings. The summed E-state index contributed by atoms with van der Waals surface area (Å²) in [5.41, 5.74) is 2.75. The van der Waals surface area contributed by atoms with Crippen LogP contribution >= 0.6 is 0 Å². The van der Waals surface area contributed by atoms with Gasteiger partial charge >= 0.3 is 6.09 Å².